The van der Waals surface area contributed by atoms with Gasteiger partial charge < -0.3 is 10.4 Å². The molecule has 0 aromatic heterocycles. The first kappa shape index (κ1) is 9.13. The van der Waals surface area contributed by atoms with Crippen molar-refractivity contribution in [3.63, 3.8) is 0 Å². The minimum absolute atomic E-state index is 0.0357. The van der Waals surface area contributed by atoms with E-state index in [1.807, 2.05) is 0 Å². The predicted molar refractivity (Wildman–Crippen MR) is 53.5 cm³/mol. The van der Waals surface area contributed by atoms with Gasteiger partial charge in [0.15, 0.2) is 5.75 Å². The monoisotopic (exact) mass is 217 g/mol. The Balaban J connectivity index is 2.37. The van der Waals surface area contributed by atoms with Crippen LogP contribution in [-0.4, -0.2) is 11.7 Å². The smallest absolute Gasteiger partial charge is 0.152 e. The molecular weight excluding hydrogens is 209 g/mol. The van der Waals surface area contributed by atoms with Crippen molar-refractivity contribution in [1.29, 1.82) is 0 Å². The van der Waals surface area contributed by atoms with E-state index in [2.05, 4.69) is 5.32 Å². The number of halogens is 2. The summed E-state index contributed by atoms with van der Waals surface area (Å²) in [5.41, 5.74) is 1.04. The number of rotatable bonds is 1. The van der Waals surface area contributed by atoms with Crippen molar-refractivity contribution in [2.24, 2.45) is 0 Å². The van der Waals surface area contributed by atoms with E-state index in [1.165, 1.54) is 0 Å². The van der Waals surface area contributed by atoms with Gasteiger partial charge in [-0.05, 0) is 30.7 Å². The predicted octanol–water partition coefficient (Wildman–Crippen LogP) is 2.73. The second-order valence-electron chi connectivity index (χ2n) is 3.13. The molecule has 1 aromatic rings. The minimum Gasteiger partial charge on any atom is -0.505 e. The zero-order valence-corrected chi connectivity index (χ0v) is 8.36. The van der Waals surface area contributed by atoms with Gasteiger partial charge >= 0.3 is 0 Å². The standard InChI is InChI=1S/C9H9Cl2NO/c10-6-3-5(8-1-2-12-8)4-7(11)9(6)13/h3-4,8,12-13H,1-2H2/t8-/m1/s1. The van der Waals surface area contributed by atoms with Crippen molar-refractivity contribution in [2.45, 2.75) is 12.5 Å². The molecule has 2 N–H and O–H groups in total. The first-order valence-electron chi connectivity index (χ1n) is 4.10. The fourth-order valence-electron chi connectivity index (χ4n) is 1.36. The molecule has 1 aliphatic rings. The number of phenols is 1. The van der Waals surface area contributed by atoms with Crippen molar-refractivity contribution in [2.75, 3.05) is 6.54 Å². The Hall–Kier alpha value is -0.440. The van der Waals surface area contributed by atoms with Crippen LogP contribution in [0.2, 0.25) is 10.0 Å². The molecule has 2 nitrogen and oxygen atoms in total. The maximum Gasteiger partial charge on any atom is 0.152 e. The number of nitrogens with one attached hydrogen (secondary N) is 1. The van der Waals surface area contributed by atoms with E-state index in [0.717, 1.165) is 18.5 Å². The highest BCUT2D eigenvalue weighted by Gasteiger charge is 2.20. The maximum absolute atomic E-state index is 9.32. The van der Waals surface area contributed by atoms with Crippen molar-refractivity contribution < 1.29 is 5.11 Å². The number of phenolic OH excluding ortho intramolecular Hbond substituents is 1. The molecule has 1 aromatic carbocycles. The summed E-state index contributed by atoms with van der Waals surface area (Å²) in [6.07, 6.45) is 1.09. The fourth-order valence-corrected chi connectivity index (χ4v) is 1.86. The molecular formula is C9H9Cl2NO. The Kier molecular flexibility index (Phi) is 2.37. The summed E-state index contributed by atoms with van der Waals surface area (Å²) in [6, 6.07) is 3.84. The van der Waals surface area contributed by atoms with Crippen LogP contribution < -0.4 is 5.32 Å². The average Bonchev–Trinajstić information content (AvgIpc) is 1.96. The summed E-state index contributed by atoms with van der Waals surface area (Å²) in [5, 5.41) is 13.2. The molecule has 0 spiro atoms. The van der Waals surface area contributed by atoms with E-state index in [1.54, 1.807) is 12.1 Å². The molecule has 70 valence electrons. The Morgan fingerprint density at radius 2 is 1.85 bits per heavy atom. The molecule has 1 fully saturated rings. The molecule has 1 atom stereocenters. The van der Waals surface area contributed by atoms with Crippen molar-refractivity contribution in [1.82, 2.24) is 5.32 Å². The highest BCUT2D eigenvalue weighted by molar-refractivity contribution is 6.37. The highest BCUT2D eigenvalue weighted by Crippen LogP contribution is 2.36. The molecule has 13 heavy (non-hydrogen) atoms. The van der Waals surface area contributed by atoms with Gasteiger partial charge in [-0.25, -0.2) is 0 Å². The lowest BCUT2D eigenvalue weighted by atomic mass is 9.98. The summed E-state index contributed by atoms with van der Waals surface area (Å²) < 4.78 is 0. The third-order valence-corrected chi connectivity index (χ3v) is 2.84. The van der Waals surface area contributed by atoms with E-state index in [9.17, 15) is 5.11 Å². The Labute approximate surface area is 86.5 Å². The van der Waals surface area contributed by atoms with E-state index in [0.29, 0.717) is 16.1 Å². The van der Waals surface area contributed by atoms with Crippen LogP contribution in [0.15, 0.2) is 12.1 Å². The van der Waals surface area contributed by atoms with Gasteiger partial charge in [-0.15, -0.1) is 0 Å². The normalized spacial score (nSPS) is 21.2. The van der Waals surface area contributed by atoms with E-state index < -0.39 is 0 Å². The lowest BCUT2D eigenvalue weighted by Crippen LogP contribution is -2.34. The van der Waals surface area contributed by atoms with E-state index in [-0.39, 0.29) is 5.75 Å². The van der Waals surface area contributed by atoms with Crippen LogP contribution in [0.5, 0.6) is 5.75 Å². The molecule has 0 saturated carbocycles. The number of hydrogen-bond acceptors (Lipinski definition) is 2. The van der Waals surface area contributed by atoms with Gasteiger partial charge in [0, 0.05) is 6.04 Å². The third kappa shape index (κ3) is 1.62. The van der Waals surface area contributed by atoms with E-state index in [4.69, 9.17) is 23.2 Å². The van der Waals surface area contributed by atoms with E-state index >= 15 is 0 Å². The number of hydrogen-bond donors (Lipinski definition) is 2. The first-order chi connectivity index (χ1) is 6.18. The van der Waals surface area contributed by atoms with Crippen molar-refractivity contribution in [3.8, 4) is 5.75 Å². The van der Waals surface area contributed by atoms with Gasteiger partial charge in [-0.2, -0.15) is 0 Å². The molecule has 1 aliphatic heterocycles. The molecule has 0 bridgehead atoms. The summed E-state index contributed by atoms with van der Waals surface area (Å²) in [5.74, 6) is -0.0357. The van der Waals surface area contributed by atoms with Crippen LogP contribution in [0.1, 0.15) is 18.0 Å². The second kappa shape index (κ2) is 3.37. The average molecular weight is 218 g/mol. The quantitative estimate of drug-likeness (QED) is 0.759. The molecule has 0 aliphatic carbocycles. The maximum atomic E-state index is 9.32. The van der Waals surface area contributed by atoms with Gasteiger partial charge in [-0.3, -0.25) is 0 Å². The molecule has 0 radical (unpaired) electrons. The molecule has 1 heterocycles. The minimum atomic E-state index is -0.0357. The summed E-state index contributed by atoms with van der Waals surface area (Å²) in [7, 11) is 0. The molecule has 4 heteroatoms. The van der Waals surface area contributed by atoms with Crippen LogP contribution in [0, 0.1) is 0 Å². The lowest BCUT2D eigenvalue weighted by Gasteiger charge is -2.28. The Morgan fingerprint density at radius 3 is 2.23 bits per heavy atom. The van der Waals surface area contributed by atoms with Crippen LogP contribution in [0.3, 0.4) is 0 Å². The second-order valence-corrected chi connectivity index (χ2v) is 3.94. The van der Waals surface area contributed by atoms with Gasteiger partial charge in [0.25, 0.3) is 0 Å². The van der Waals surface area contributed by atoms with Crippen molar-refractivity contribution >= 4 is 23.2 Å². The number of aromatic hydroxyl groups is 1. The lowest BCUT2D eigenvalue weighted by molar-refractivity contribution is 0.382. The van der Waals surface area contributed by atoms with Crippen LogP contribution >= 0.6 is 23.2 Å². The molecule has 0 unspecified atom stereocenters. The third-order valence-electron chi connectivity index (χ3n) is 2.27. The van der Waals surface area contributed by atoms with Gasteiger partial charge in [-0.1, -0.05) is 23.2 Å². The van der Waals surface area contributed by atoms with Crippen molar-refractivity contribution in [3.05, 3.63) is 27.7 Å². The number of benzene rings is 1. The summed E-state index contributed by atoms with van der Waals surface area (Å²) >= 11 is 11.6. The van der Waals surface area contributed by atoms with Crippen LogP contribution in [0.25, 0.3) is 0 Å². The molecule has 1 saturated heterocycles. The van der Waals surface area contributed by atoms with Gasteiger partial charge in [0.2, 0.25) is 0 Å². The first-order valence-corrected chi connectivity index (χ1v) is 4.85. The fraction of sp³-hybridized carbons (Fsp3) is 0.333. The highest BCUT2D eigenvalue weighted by atomic mass is 35.5. The zero-order chi connectivity index (χ0) is 9.42. The Bertz CT molecular complexity index is 313. The molecule has 0 amide bonds. The van der Waals surface area contributed by atoms with Gasteiger partial charge in [0.05, 0.1) is 10.0 Å². The summed E-state index contributed by atoms with van der Waals surface area (Å²) in [4.78, 5) is 0. The zero-order valence-electron chi connectivity index (χ0n) is 6.85. The topological polar surface area (TPSA) is 32.3 Å². The van der Waals surface area contributed by atoms with Crippen LogP contribution in [0.4, 0.5) is 0 Å². The summed E-state index contributed by atoms with van der Waals surface area (Å²) in [6.45, 7) is 1.03. The SMILES string of the molecule is Oc1c(Cl)cc([C@H]2CCN2)cc1Cl. The van der Waals surface area contributed by atoms with Crippen LogP contribution in [-0.2, 0) is 0 Å². The largest absolute Gasteiger partial charge is 0.505 e. The van der Waals surface area contributed by atoms with Gasteiger partial charge in [0.1, 0.15) is 0 Å². The molecule has 2 rings (SSSR count). The Morgan fingerprint density at radius 1 is 1.31 bits per heavy atom.